The molecular weight excluding hydrogens is 204 g/mol. The number of H-pyrrole nitrogens is 1. The second-order valence-electron chi connectivity index (χ2n) is 4.21. The van der Waals surface area contributed by atoms with Gasteiger partial charge in [-0.15, -0.1) is 0 Å². The van der Waals surface area contributed by atoms with E-state index in [0.717, 1.165) is 25.0 Å². The zero-order valence-electron chi connectivity index (χ0n) is 9.33. The van der Waals surface area contributed by atoms with Crippen molar-refractivity contribution < 1.29 is 4.79 Å². The summed E-state index contributed by atoms with van der Waals surface area (Å²) in [6.45, 7) is 0.640. The van der Waals surface area contributed by atoms with Crippen LogP contribution in [0.2, 0.25) is 0 Å². The van der Waals surface area contributed by atoms with Gasteiger partial charge in [-0.2, -0.15) is 0 Å². The van der Waals surface area contributed by atoms with E-state index in [1.165, 1.54) is 12.8 Å². The lowest BCUT2D eigenvalue weighted by molar-refractivity contribution is 0.237. The third-order valence-corrected chi connectivity index (χ3v) is 2.93. The van der Waals surface area contributed by atoms with Gasteiger partial charge in [-0.05, 0) is 12.8 Å². The zero-order valence-corrected chi connectivity index (χ0v) is 9.33. The van der Waals surface area contributed by atoms with Crippen LogP contribution in [-0.4, -0.2) is 28.6 Å². The number of nitrogens with zero attached hydrogens (tertiary/aromatic N) is 1. The standard InChI is InChI=1S/C11H18N4O/c16-11(15-9-3-1-2-4-9)13-6-5-10-7-12-8-14-10/h7-9H,1-6H2,(H,12,14)(H2,13,15,16). The Balaban J connectivity index is 1.60. The van der Waals surface area contributed by atoms with Gasteiger partial charge in [-0.3, -0.25) is 0 Å². The van der Waals surface area contributed by atoms with Crippen LogP contribution in [0.25, 0.3) is 0 Å². The van der Waals surface area contributed by atoms with Crippen molar-refractivity contribution in [3.8, 4) is 0 Å². The lowest BCUT2D eigenvalue weighted by Crippen LogP contribution is -2.41. The minimum absolute atomic E-state index is 0.0496. The summed E-state index contributed by atoms with van der Waals surface area (Å²) < 4.78 is 0. The van der Waals surface area contributed by atoms with Crippen LogP contribution in [0.15, 0.2) is 12.5 Å². The maximum Gasteiger partial charge on any atom is 0.315 e. The van der Waals surface area contributed by atoms with E-state index in [9.17, 15) is 4.79 Å². The number of rotatable bonds is 4. The Kier molecular flexibility index (Phi) is 3.80. The van der Waals surface area contributed by atoms with E-state index in [2.05, 4.69) is 20.6 Å². The Morgan fingerprint density at radius 3 is 3.00 bits per heavy atom. The van der Waals surface area contributed by atoms with Crippen molar-refractivity contribution in [1.29, 1.82) is 0 Å². The van der Waals surface area contributed by atoms with Crippen LogP contribution < -0.4 is 10.6 Å². The molecule has 1 saturated carbocycles. The fraction of sp³-hybridized carbons (Fsp3) is 0.636. The van der Waals surface area contributed by atoms with E-state index in [1.807, 2.05) is 0 Å². The number of aromatic nitrogens is 2. The molecule has 0 aliphatic heterocycles. The van der Waals surface area contributed by atoms with Gasteiger partial charge < -0.3 is 15.6 Å². The Hall–Kier alpha value is -1.52. The van der Waals surface area contributed by atoms with Gasteiger partial charge in [0.25, 0.3) is 0 Å². The van der Waals surface area contributed by atoms with E-state index in [-0.39, 0.29) is 6.03 Å². The first-order valence-corrected chi connectivity index (χ1v) is 5.86. The highest BCUT2D eigenvalue weighted by atomic mass is 16.2. The predicted molar refractivity (Wildman–Crippen MR) is 61.1 cm³/mol. The number of hydrogen-bond acceptors (Lipinski definition) is 2. The Labute approximate surface area is 95.0 Å². The third-order valence-electron chi connectivity index (χ3n) is 2.93. The zero-order chi connectivity index (χ0) is 11.2. The average molecular weight is 222 g/mol. The second kappa shape index (κ2) is 5.53. The summed E-state index contributed by atoms with van der Waals surface area (Å²) in [5, 5.41) is 5.83. The number of hydrogen-bond donors (Lipinski definition) is 3. The molecule has 0 aromatic carbocycles. The number of aromatic amines is 1. The minimum atomic E-state index is -0.0496. The highest BCUT2D eigenvalue weighted by molar-refractivity contribution is 5.74. The van der Waals surface area contributed by atoms with Gasteiger partial charge >= 0.3 is 6.03 Å². The maximum atomic E-state index is 11.5. The summed E-state index contributed by atoms with van der Waals surface area (Å²) in [6, 6.07) is 0.332. The van der Waals surface area contributed by atoms with Crippen LogP contribution >= 0.6 is 0 Å². The molecule has 0 bridgehead atoms. The SMILES string of the molecule is O=C(NCCc1cnc[nH]1)NC1CCCC1. The highest BCUT2D eigenvalue weighted by Gasteiger charge is 2.16. The largest absolute Gasteiger partial charge is 0.348 e. The molecule has 2 amide bonds. The highest BCUT2D eigenvalue weighted by Crippen LogP contribution is 2.17. The lowest BCUT2D eigenvalue weighted by Gasteiger charge is -2.12. The molecule has 0 unspecified atom stereocenters. The van der Waals surface area contributed by atoms with Gasteiger partial charge in [0.15, 0.2) is 0 Å². The van der Waals surface area contributed by atoms with Crippen molar-refractivity contribution in [3.63, 3.8) is 0 Å². The van der Waals surface area contributed by atoms with Gasteiger partial charge in [0, 0.05) is 30.9 Å². The van der Waals surface area contributed by atoms with Crippen LogP contribution in [0, 0.1) is 0 Å². The van der Waals surface area contributed by atoms with E-state index in [4.69, 9.17) is 0 Å². The van der Waals surface area contributed by atoms with Crippen LogP contribution in [-0.2, 0) is 6.42 Å². The van der Waals surface area contributed by atoms with Crippen molar-refractivity contribution in [2.45, 2.75) is 38.1 Å². The van der Waals surface area contributed by atoms with Crippen molar-refractivity contribution in [1.82, 2.24) is 20.6 Å². The third kappa shape index (κ3) is 3.25. The molecule has 16 heavy (non-hydrogen) atoms. The molecule has 2 rings (SSSR count). The molecule has 3 N–H and O–H groups in total. The number of urea groups is 1. The van der Waals surface area contributed by atoms with Crippen molar-refractivity contribution in [3.05, 3.63) is 18.2 Å². The van der Waals surface area contributed by atoms with Gasteiger partial charge in [-0.25, -0.2) is 9.78 Å². The number of imidazole rings is 1. The normalized spacial score (nSPS) is 16.2. The summed E-state index contributed by atoms with van der Waals surface area (Å²) in [5.41, 5.74) is 1.04. The predicted octanol–water partition coefficient (Wildman–Crippen LogP) is 1.19. The average Bonchev–Trinajstić information content (AvgIpc) is 2.90. The summed E-state index contributed by atoms with van der Waals surface area (Å²) in [4.78, 5) is 18.4. The summed E-state index contributed by atoms with van der Waals surface area (Å²) >= 11 is 0. The quantitative estimate of drug-likeness (QED) is 0.716. The number of amides is 2. The van der Waals surface area contributed by atoms with Gasteiger partial charge in [-0.1, -0.05) is 12.8 Å². The van der Waals surface area contributed by atoms with E-state index in [0.29, 0.717) is 12.6 Å². The molecule has 88 valence electrons. The fourth-order valence-electron chi connectivity index (χ4n) is 2.04. The molecule has 1 heterocycles. The molecule has 1 fully saturated rings. The summed E-state index contributed by atoms with van der Waals surface area (Å²) in [6.07, 6.45) is 8.92. The molecule has 5 heteroatoms. The van der Waals surface area contributed by atoms with Gasteiger partial charge in [0.05, 0.1) is 6.33 Å². The molecule has 1 aromatic heterocycles. The second-order valence-corrected chi connectivity index (χ2v) is 4.21. The van der Waals surface area contributed by atoms with Crippen molar-refractivity contribution >= 4 is 6.03 Å². The molecule has 1 aliphatic carbocycles. The van der Waals surface area contributed by atoms with E-state index >= 15 is 0 Å². The molecular formula is C11H18N4O. The lowest BCUT2D eigenvalue weighted by atomic mass is 10.2. The fourth-order valence-corrected chi connectivity index (χ4v) is 2.04. The molecule has 0 radical (unpaired) electrons. The first-order valence-electron chi connectivity index (χ1n) is 5.86. The van der Waals surface area contributed by atoms with Gasteiger partial charge in [0.2, 0.25) is 0 Å². The van der Waals surface area contributed by atoms with Crippen molar-refractivity contribution in [2.24, 2.45) is 0 Å². The first kappa shape index (κ1) is 11.0. The Bertz CT molecular complexity index is 317. The van der Waals surface area contributed by atoms with E-state index < -0.39 is 0 Å². The maximum absolute atomic E-state index is 11.5. The molecule has 0 atom stereocenters. The monoisotopic (exact) mass is 222 g/mol. The number of nitrogens with one attached hydrogen (secondary N) is 3. The van der Waals surface area contributed by atoms with E-state index in [1.54, 1.807) is 12.5 Å². The number of carbonyl (C=O) groups excluding carboxylic acids is 1. The minimum Gasteiger partial charge on any atom is -0.348 e. The van der Waals surface area contributed by atoms with Crippen molar-refractivity contribution in [2.75, 3.05) is 6.54 Å². The molecule has 0 saturated heterocycles. The van der Waals surface area contributed by atoms with Crippen LogP contribution in [0.3, 0.4) is 0 Å². The number of carbonyl (C=O) groups is 1. The van der Waals surface area contributed by atoms with Gasteiger partial charge in [0.1, 0.15) is 0 Å². The summed E-state index contributed by atoms with van der Waals surface area (Å²) in [5.74, 6) is 0. The molecule has 1 aromatic rings. The Morgan fingerprint density at radius 1 is 1.50 bits per heavy atom. The topological polar surface area (TPSA) is 69.8 Å². The van der Waals surface area contributed by atoms with Crippen LogP contribution in [0.5, 0.6) is 0 Å². The molecule has 0 spiro atoms. The van der Waals surface area contributed by atoms with Crippen LogP contribution in [0.4, 0.5) is 4.79 Å². The smallest absolute Gasteiger partial charge is 0.315 e. The first-order chi connectivity index (χ1) is 7.84. The Morgan fingerprint density at radius 2 is 2.31 bits per heavy atom. The molecule has 5 nitrogen and oxygen atoms in total. The molecule has 1 aliphatic rings. The summed E-state index contributed by atoms with van der Waals surface area (Å²) in [7, 11) is 0. The van der Waals surface area contributed by atoms with Crippen LogP contribution in [0.1, 0.15) is 31.4 Å².